The summed E-state index contributed by atoms with van der Waals surface area (Å²) in [5, 5.41) is 8.11. The summed E-state index contributed by atoms with van der Waals surface area (Å²) in [6.07, 6.45) is 5.86. The van der Waals surface area contributed by atoms with Crippen molar-refractivity contribution in [2.45, 2.75) is 59.5 Å². The molecule has 3 heteroatoms. The van der Waals surface area contributed by atoms with Crippen LogP contribution in [0.2, 0.25) is 0 Å². The molecule has 1 aliphatic carbocycles. The first-order valence-corrected chi connectivity index (χ1v) is 6.98. The van der Waals surface area contributed by atoms with Gasteiger partial charge in [0.25, 0.3) is 0 Å². The van der Waals surface area contributed by atoms with E-state index in [1.54, 1.807) is 0 Å². The zero-order valence-electron chi connectivity index (χ0n) is 12.5. The van der Waals surface area contributed by atoms with Gasteiger partial charge in [0.15, 0.2) is 0 Å². The van der Waals surface area contributed by atoms with Crippen LogP contribution in [0.4, 0.5) is 0 Å². The van der Waals surface area contributed by atoms with Crippen LogP contribution in [0.15, 0.2) is 12.3 Å². The van der Waals surface area contributed by atoms with E-state index in [2.05, 4.69) is 44.2 Å². The molecule has 1 aromatic heterocycles. The molecule has 1 heterocycles. The van der Waals surface area contributed by atoms with Crippen LogP contribution < -0.4 is 5.32 Å². The SMILES string of the molecule is Cn1ccc(CNC2CC(C)(C)CC(C)(C)C2)n1. The Morgan fingerprint density at radius 1 is 1.28 bits per heavy atom. The van der Waals surface area contributed by atoms with Gasteiger partial charge in [-0.05, 0) is 36.2 Å². The quantitative estimate of drug-likeness (QED) is 0.892. The van der Waals surface area contributed by atoms with E-state index in [1.165, 1.54) is 19.3 Å². The van der Waals surface area contributed by atoms with Crippen molar-refractivity contribution in [3.05, 3.63) is 18.0 Å². The van der Waals surface area contributed by atoms with E-state index in [-0.39, 0.29) is 0 Å². The van der Waals surface area contributed by atoms with Crippen molar-refractivity contribution >= 4 is 0 Å². The fourth-order valence-electron chi connectivity index (χ4n) is 3.80. The average Bonchev–Trinajstić information content (AvgIpc) is 2.56. The lowest BCUT2D eigenvalue weighted by Gasteiger charge is -2.45. The third-order valence-corrected chi connectivity index (χ3v) is 3.90. The molecule has 0 bridgehead atoms. The van der Waals surface area contributed by atoms with Crippen LogP contribution in [-0.2, 0) is 13.6 Å². The fraction of sp³-hybridized carbons (Fsp3) is 0.800. The molecule has 1 saturated carbocycles. The van der Waals surface area contributed by atoms with Crippen molar-refractivity contribution in [2.75, 3.05) is 0 Å². The maximum Gasteiger partial charge on any atom is 0.0762 e. The first kappa shape index (κ1) is 13.6. The average molecular weight is 249 g/mol. The lowest BCUT2D eigenvalue weighted by molar-refractivity contribution is 0.0843. The summed E-state index contributed by atoms with van der Waals surface area (Å²) in [6.45, 7) is 10.5. The monoisotopic (exact) mass is 249 g/mol. The lowest BCUT2D eigenvalue weighted by atomic mass is 9.63. The summed E-state index contributed by atoms with van der Waals surface area (Å²) in [5.74, 6) is 0. The van der Waals surface area contributed by atoms with Crippen molar-refractivity contribution in [3.63, 3.8) is 0 Å². The Bertz CT molecular complexity index is 388. The second-order valence-electron chi connectivity index (χ2n) is 7.47. The van der Waals surface area contributed by atoms with Gasteiger partial charge in [-0.15, -0.1) is 0 Å². The second-order valence-corrected chi connectivity index (χ2v) is 7.47. The van der Waals surface area contributed by atoms with Gasteiger partial charge in [-0.2, -0.15) is 5.10 Å². The largest absolute Gasteiger partial charge is 0.308 e. The molecule has 0 unspecified atom stereocenters. The molecule has 0 radical (unpaired) electrons. The van der Waals surface area contributed by atoms with E-state index in [9.17, 15) is 0 Å². The lowest BCUT2D eigenvalue weighted by Crippen LogP contribution is -2.43. The minimum Gasteiger partial charge on any atom is -0.308 e. The molecule has 18 heavy (non-hydrogen) atoms. The Morgan fingerprint density at radius 3 is 2.39 bits per heavy atom. The van der Waals surface area contributed by atoms with Crippen molar-refractivity contribution in [1.82, 2.24) is 15.1 Å². The van der Waals surface area contributed by atoms with Crippen LogP contribution in [0.5, 0.6) is 0 Å². The van der Waals surface area contributed by atoms with Crippen molar-refractivity contribution in [1.29, 1.82) is 0 Å². The molecule has 1 N–H and O–H groups in total. The van der Waals surface area contributed by atoms with Gasteiger partial charge >= 0.3 is 0 Å². The summed E-state index contributed by atoms with van der Waals surface area (Å²) in [6, 6.07) is 2.71. The van der Waals surface area contributed by atoms with E-state index in [0.717, 1.165) is 12.2 Å². The Hall–Kier alpha value is -0.830. The minimum atomic E-state index is 0.448. The number of aryl methyl sites for hydroxylation is 1. The van der Waals surface area contributed by atoms with Crippen molar-refractivity contribution < 1.29 is 0 Å². The van der Waals surface area contributed by atoms with Crippen LogP contribution in [0, 0.1) is 10.8 Å². The van der Waals surface area contributed by atoms with Crippen LogP contribution in [-0.4, -0.2) is 15.8 Å². The third-order valence-electron chi connectivity index (χ3n) is 3.90. The zero-order chi connectivity index (χ0) is 13.4. The number of nitrogens with zero attached hydrogens (tertiary/aromatic N) is 2. The molecule has 1 fully saturated rings. The van der Waals surface area contributed by atoms with E-state index >= 15 is 0 Å². The number of aromatic nitrogens is 2. The van der Waals surface area contributed by atoms with Crippen LogP contribution >= 0.6 is 0 Å². The minimum absolute atomic E-state index is 0.448. The number of rotatable bonds is 3. The number of hydrogen-bond donors (Lipinski definition) is 1. The third kappa shape index (κ3) is 3.58. The van der Waals surface area contributed by atoms with Crippen LogP contribution in [0.25, 0.3) is 0 Å². The topological polar surface area (TPSA) is 29.9 Å². The molecule has 3 nitrogen and oxygen atoms in total. The van der Waals surface area contributed by atoms with Gasteiger partial charge in [-0.1, -0.05) is 27.7 Å². The van der Waals surface area contributed by atoms with E-state index in [0.29, 0.717) is 16.9 Å². The van der Waals surface area contributed by atoms with E-state index in [1.807, 2.05) is 17.9 Å². The number of hydrogen-bond acceptors (Lipinski definition) is 2. The predicted octanol–water partition coefficient (Wildman–Crippen LogP) is 3.11. The highest BCUT2D eigenvalue weighted by molar-refractivity contribution is 4.99. The van der Waals surface area contributed by atoms with Crippen molar-refractivity contribution in [3.8, 4) is 0 Å². The normalized spacial score (nSPS) is 23.2. The molecule has 0 atom stereocenters. The molecule has 0 aromatic carbocycles. The molecule has 102 valence electrons. The Kier molecular flexibility index (Phi) is 3.54. The summed E-state index contributed by atoms with van der Waals surface area (Å²) < 4.78 is 1.87. The van der Waals surface area contributed by atoms with E-state index < -0.39 is 0 Å². The van der Waals surface area contributed by atoms with Crippen molar-refractivity contribution in [2.24, 2.45) is 17.9 Å². The molecule has 0 amide bonds. The molecule has 0 aliphatic heterocycles. The van der Waals surface area contributed by atoms with E-state index in [4.69, 9.17) is 0 Å². The standard InChI is InChI=1S/C15H27N3/c1-14(2)8-13(9-15(3,4)11-14)16-10-12-6-7-18(5)17-12/h6-7,13,16H,8-11H2,1-5H3. The molecule has 0 spiro atoms. The zero-order valence-corrected chi connectivity index (χ0v) is 12.5. The molecular weight excluding hydrogens is 222 g/mol. The highest BCUT2D eigenvalue weighted by Crippen LogP contribution is 2.45. The predicted molar refractivity (Wildman–Crippen MR) is 75.2 cm³/mol. The smallest absolute Gasteiger partial charge is 0.0762 e. The maximum absolute atomic E-state index is 4.42. The van der Waals surface area contributed by atoms with Gasteiger partial charge in [0.05, 0.1) is 5.69 Å². The van der Waals surface area contributed by atoms with Crippen LogP contribution in [0.3, 0.4) is 0 Å². The maximum atomic E-state index is 4.42. The first-order valence-electron chi connectivity index (χ1n) is 6.98. The fourth-order valence-corrected chi connectivity index (χ4v) is 3.80. The van der Waals surface area contributed by atoms with Crippen LogP contribution in [0.1, 0.15) is 52.7 Å². The highest BCUT2D eigenvalue weighted by atomic mass is 15.3. The second kappa shape index (κ2) is 4.69. The van der Waals surface area contributed by atoms with Gasteiger partial charge in [-0.25, -0.2) is 0 Å². The Morgan fingerprint density at radius 2 is 1.89 bits per heavy atom. The Labute approximate surface area is 111 Å². The summed E-state index contributed by atoms with van der Waals surface area (Å²) >= 11 is 0. The first-order chi connectivity index (χ1) is 8.26. The summed E-state index contributed by atoms with van der Waals surface area (Å²) in [4.78, 5) is 0. The Balaban J connectivity index is 1.93. The van der Waals surface area contributed by atoms with Gasteiger partial charge in [-0.3, -0.25) is 4.68 Å². The molecule has 2 rings (SSSR count). The highest BCUT2D eigenvalue weighted by Gasteiger charge is 2.38. The summed E-state index contributed by atoms with van der Waals surface area (Å²) in [5.41, 5.74) is 2.03. The van der Waals surface area contributed by atoms with Gasteiger partial charge in [0.1, 0.15) is 0 Å². The molecular formula is C15H27N3. The summed E-state index contributed by atoms with van der Waals surface area (Å²) in [7, 11) is 1.97. The van der Waals surface area contributed by atoms with Gasteiger partial charge in [0.2, 0.25) is 0 Å². The van der Waals surface area contributed by atoms with Gasteiger partial charge < -0.3 is 5.32 Å². The molecule has 0 saturated heterocycles. The molecule has 1 aromatic rings. The molecule has 1 aliphatic rings. The number of nitrogens with one attached hydrogen (secondary N) is 1. The van der Waals surface area contributed by atoms with Gasteiger partial charge in [0, 0.05) is 25.8 Å².